The summed E-state index contributed by atoms with van der Waals surface area (Å²) in [5, 5.41) is 4.72. The van der Waals surface area contributed by atoms with E-state index >= 15 is 0 Å². The molecule has 2 aromatic rings. The van der Waals surface area contributed by atoms with E-state index in [0.29, 0.717) is 42.5 Å². The highest BCUT2D eigenvalue weighted by Crippen LogP contribution is 2.26. The van der Waals surface area contributed by atoms with Crippen LogP contribution in [0.15, 0.2) is 46.0 Å². The standard InChI is InChI=1S/C20H26N2O5S2/c1-15(14-27-18-7-5-17(26-2)6-8-18)21-20(23)16-9-11-22(12-10-16)29(24,25)19-4-3-13-28-19/h3-8,13,15-16H,9-12,14H2,1-2H3,(H,21,23). The lowest BCUT2D eigenvalue weighted by Gasteiger charge is -2.30. The second-order valence-electron chi connectivity index (χ2n) is 7.01. The molecule has 7 nitrogen and oxygen atoms in total. The lowest BCUT2D eigenvalue weighted by atomic mass is 9.97. The van der Waals surface area contributed by atoms with Crippen molar-refractivity contribution >= 4 is 27.3 Å². The van der Waals surface area contributed by atoms with E-state index in [2.05, 4.69) is 5.32 Å². The van der Waals surface area contributed by atoms with Crippen LogP contribution in [-0.2, 0) is 14.8 Å². The molecule has 0 aliphatic carbocycles. The van der Waals surface area contributed by atoms with Crippen LogP contribution in [0.3, 0.4) is 0 Å². The number of amides is 1. The highest BCUT2D eigenvalue weighted by molar-refractivity contribution is 7.91. The number of nitrogens with one attached hydrogen (secondary N) is 1. The van der Waals surface area contributed by atoms with Crippen LogP contribution in [0.1, 0.15) is 19.8 Å². The molecular weight excluding hydrogens is 412 g/mol. The molecule has 1 atom stereocenters. The number of ether oxygens (including phenoxy) is 2. The van der Waals surface area contributed by atoms with Crippen LogP contribution in [-0.4, -0.2) is 51.5 Å². The Morgan fingerprint density at radius 3 is 2.45 bits per heavy atom. The number of piperidine rings is 1. The number of thiophene rings is 1. The van der Waals surface area contributed by atoms with Crippen LogP contribution < -0.4 is 14.8 Å². The summed E-state index contributed by atoms with van der Waals surface area (Å²) in [5.41, 5.74) is 0. The number of hydrogen-bond acceptors (Lipinski definition) is 6. The fourth-order valence-electron chi connectivity index (χ4n) is 3.19. The molecule has 1 aliphatic rings. The third kappa shape index (κ3) is 5.49. The van der Waals surface area contributed by atoms with E-state index in [1.807, 2.05) is 31.2 Å². The predicted octanol–water partition coefficient (Wildman–Crippen LogP) is 2.74. The first-order valence-corrected chi connectivity index (χ1v) is 11.8. The molecule has 0 radical (unpaired) electrons. The van der Waals surface area contributed by atoms with Crippen molar-refractivity contribution in [3.05, 3.63) is 41.8 Å². The van der Waals surface area contributed by atoms with Crippen LogP contribution in [0.4, 0.5) is 0 Å². The molecule has 1 aromatic heterocycles. The van der Waals surface area contributed by atoms with Gasteiger partial charge in [-0.3, -0.25) is 4.79 Å². The van der Waals surface area contributed by atoms with Gasteiger partial charge < -0.3 is 14.8 Å². The number of nitrogens with zero attached hydrogens (tertiary/aromatic N) is 1. The molecule has 9 heteroatoms. The van der Waals surface area contributed by atoms with Gasteiger partial charge in [0.15, 0.2) is 0 Å². The molecule has 1 aromatic carbocycles. The Hall–Kier alpha value is -2.10. The van der Waals surface area contributed by atoms with Gasteiger partial charge in [0.05, 0.1) is 13.2 Å². The molecule has 0 bridgehead atoms. The lowest BCUT2D eigenvalue weighted by Crippen LogP contribution is -2.45. The van der Waals surface area contributed by atoms with Gasteiger partial charge in [0.25, 0.3) is 10.0 Å². The second kappa shape index (κ2) is 9.60. The minimum atomic E-state index is -3.44. The van der Waals surface area contributed by atoms with Crippen LogP contribution in [0.2, 0.25) is 0 Å². The Labute approximate surface area is 175 Å². The first kappa shape index (κ1) is 21.6. The van der Waals surface area contributed by atoms with Crippen molar-refractivity contribution in [2.24, 2.45) is 5.92 Å². The first-order chi connectivity index (χ1) is 13.9. The molecule has 1 saturated heterocycles. The SMILES string of the molecule is COc1ccc(OCC(C)NC(=O)C2CCN(S(=O)(=O)c3cccs3)CC2)cc1. The van der Waals surface area contributed by atoms with Crippen molar-refractivity contribution in [2.45, 2.75) is 30.0 Å². The average molecular weight is 439 g/mol. The van der Waals surface area contributed by atoms with Gasteiger partial charge in [-0.2, -0.15) is 4.31 Å². The lowest BCUT2D eigenvalue weighted by molar-refractivity contribution is -0.126. The maximum absolute atomic E-state index is 12.6. The van der Waals surface area contributed by atoms with Gasteiger partial charge in [0.2, 0.25) is 5.91 Å². The molecule has 3 rings (SSSR count). The Morgan fingerprint density at radius 2 is 1.86 bits per heavy atom. The van der Waals surface area contributed by atoms with Gasteiger partial charge in [-0.15, -0.1) is 11.3 Å². The fourth-order valence-corrected chi connectivity index (χ4v) is 5.81. The highest BCUT2D eigenvalue weighted by Gasteiger charge is 2.32. The summed E-state index contributed by atoms with van der Waals surface area (Å²) in [7, 11) is -1.84. The number of rotatable bonds is 8. The number of carbonyl (C=O) groups excluding carboxylic acids is 1. The summed E-state index contributed by atoms with van der Waals surface area (Å²) in [6.07, 6.45) is 1.03. The van der Waals surface area contributed by atoms with Crippen LogP contribution in [0, 0.1) is 5.92 Å². The van der Waals surface area contributed by atoms with E-state index in [0.717, 1.165) is 5.75 Å². The molecule has 1 aliphatic heterocycles. The maximum Gasteiger partial charge on any atom is 0.252 e. The third-order valence-corrected chi connectivity index (χ3v) is 8.13. The van der Waals surface area contributed by atoms with Gasteiger partial charge in [-0.25, -0.2) is 8.42 Å². The maximum atomic E-state index is 12.6. The number of benzene rings is 1. The molecule has 0 saturated carbocycles. The van der Waals surface area contributed by atoms with Crippen molar-refractivity contribution in [1.82, 2.24) is 9.62 Å². The van der Waals surface area contributed by atoms with E-state index < -0.39 is 10.0 Å². The van der Waals surface area contributed by atoms with E-state index in [4.69, 9.17) is 9.47 Å². The Morgan fingerprint density at radius 1 is 1.21 bits per heavy atom. The molecular formula is C20H26N2O5S2. The third-order valence-electron chi connectivity index (χ3n) is 4.86. The Kier molecular flexibility index (Phi) is 7.15. The summed E-state index contributed by atoms with van der Waals surface area (Å²) in [6, 6.07) is 10.5. The van der Waals surface area contributed by atoms with Gasteiger partial charge >= 0.3 is 0 Å². The van der Waals surface area contributed by atoms with Gasteiger partial charge in [0, 0.05) is 19.0 Å². The molecule has 0 spiro atoms. The minimum Gasteiger partial charge on any atom is -0.497 e. The number of carbonyl (C=O) groups is 1. The smallest absolute Gasteiger partial charge is 0.252 e. The zero-order chi connectivity index (χ0) is 20.9. The summed E-state index contributed by atoms with van der Waals surface area (Å²) in [6.45, 7) is 2.95. The van der Waals surface area contributed by atoms with E-state index in [1.165, 1.54) is 15.6 Å². The largest absolute Gasteiger partial charge is 0.497 e. The number of sulfonamides is 1. The summed E-state index contributed by atoms with van der Waals surface area (Å²) in [5.74, 6) is 1.22. The minimum absolute atomic E-state index is 0.0518. The van der Waals surface area contributed by atoms with Crippen molar-refractivity contribution in [1.29, 1.82) is 0 Å². The molecule has 1 amide bonds. The van der Waals surface area contributed by atoms with E-state index in [9.17, 15) is 13.2 Å². The molecule has 29 heavy (non-hydrogen) atoms. The number of hydrogen-bond donors (Lipinski definition) is 1. The molecule has 2 heterocycles. The molecule has 1 N–H and O–H groups in total. The zero-order valence-electron chi connectivity index (χ0n) is 16.5. The normalized spacial score (nSPS) is 16.9. The van der Waals surface area contributed by atoms with Crippen LogP contribution >= 0.6 is 11.3 Å². The van der Waals surface area contributed by atoms with Gasteiger partial charge in [0.1, 0.15) is 22.3 Å². The summed E-state index contributed by atoms with van der Waals surface area (Å²) < 4.78 is 37.8. The highest BCUT2D eigenvalue weighted by atomic mass is 32.2. The monoisotopic (exact) mass is 438 g/mol. The average Bonchev–Trinajstić information content (AvgIpc) is 3.28. The molecule has 1 unspecified atom stereocenters. The predicted molar refractivity (Wildman–Crippen MR) is 112 cm³/mol. The molecule has 1 fully saturated rings. The Balaban J connectivity index is 1.44. The van der Waals surface area contributed by atoms with Crippen molar-refractivity contribution < 1.29 is 22.7 Å². The quantitative estimate of drug-likeness (QED) is 0.685. The van der Waals surface area contributed by atoms with Crippen molar-refractivity contribution in [3.8, 4) is 11.5 Å². The second-order valence-corrected chi connectivity index (χ2v) is 10.1. The number of methoxy groups -OCH3 is 1. The van der Waals surface area contributed by atoms with Crippen LogP contribution in [0.5, 0.6) is 11.5 Å². The summed E-state index contributed by atoms with van der Waals surface area (Å²) >= 11 is 1.21. The van der Waals surface area contributed by atoms with E-state index in [-0.39, 0.29) is 17.9 Å². The first-order valence-electron chi connectivity index (χ1n) is 9.51. The van der Waals surface area contributed by atoms with Crippen molar-refractivity contribution in [3.63, 3.8) is 0 Å². The van der Waals surface area contributed by atoms with Gasteiger partial charge in [-0.05, 0) is 55.5 Å². The topological polar surface area (TPSA) is 84.9 Å². The van der Waals surface area contributed by atoms with E-state index in [1.54, 1.807) is 24.6 Å². The van der Waals surface area contributed by atoms with Gasteiger partial charge in [-0.1, -0.05) is 6.07 Å². The summed E-state index contributed by atoms with van der Waals surface area (Å²) in [4.78, 5) is 12.5. The van der Waals surface area contributed by atoms with Crippen molar-refractivity contribution in [2.75, 3.05) is 26.8 Å². The molecule has 158 valence electrons. The Bertz CT molecular complexity index is 889. The zero-order valence-corrected chi connectivity index (χ0v) is 18.2. The van der Waals surface area contributed by atoms with Crippen LogP contribution in [0.25, 0.3) is 0 Å². The fraction of sp³-hybridized carbons (Fsp3) is 0.450.